The van der Waals surface area contributed by atoms with E-state index in [0.717, 1.165) is 68.1 Å². The maximum atomic E-state index is 14.1. The molecule has 1 aliphatic heterocycles. The summed E-state index contributed by atoms with van der Waals surface area (Å²) in [7, 11) is 4.06. The molecule has 0 bridgehead atoms. The zero-order valence-corrected chi connectivity index (χ0v) is 19.9. The molecule has 1 aliphatic rings. The number of halogens is 1. The number of likely N-dealkylation sites (N-methyl/N-ethyl adjacent to an activating group) is 1. The number of amides is 1. The molecule has 1 aromatic carbocycles. The number of carbonyl (C=O) groups is 1. The fraction of sp³-hybridized carbons (Fsp3) is 0.600. The van der Waals surface area contributed by atoms with Crippen LogP contribution >= 0.6 is 0 Å². The lowest BCUT2D eigenvalue weighted by Gasteiger charge is -2.36. The molecule has 1 fully saturated rings. The van der Waals surface area contributed by atoms with E-state index in [0.29, 0.717) is 25.3 Å². The first-order valence-corrected chi connectivity index (χ1v) is 11.6. The summed E-state index contributed by atoms with van der Waals surface area (Å²) in [5, 5.41) is 4.00. The predicted octanol–water partition coefficient (Wildman–Crippen LogP) is 3.67. The van der Waals surface area contributed by atoms with Crippen molar-refractivity contribution < 1.29 is 13.7 Å². The van der Waals surface area contributed by atoms with Gasteiger partial charge in [0.25, 0.3) is 0 Å². The molecule has 1 saturated heterocycles. The van der Waals surface area contributed by atoms with Crippen LogP contribution in [0.3, 0.4) is 0 Å². The van der Waals surface area contributed by atoms with Gasteiger partial charge in [0.05, 0.1) is 5.69 Å². The lowest BCUT2D eigenvalue weighted by atomic mass is 9.96. The molecule has 176 valence electrons. The second-order valence-electron chi connectivity index (χ2n) is 9.28. The lowest BCUT2D eigenvalue weighted by Crippen LogP contribution is -2.44. The molecule has 1 amide bonds. The van der Waals surface area contributed by atoms with E-state index in [-0.39, 0.29) is 11.7 Å². The van der Waals surface area contributed by atoms with Gasteiger partial charge in [0.1, 0.15) is 11.6 Å². The predicted molar refractivity (Wildman–Crippen MR) is 124 cm³/mol. The number of benzene rings is 1. The highest BCUT2D eigenvalue weighted by atomic mass is 19.1. The van der Waals surface area contributed by atoms with Crippen molar-refractivity contribution in [3.05, 3.63) is 52.7 Å². The van der Waals surface area contributed by atoms with E-state index in [2.05, 4.69) is 15.0 Å². The molecule has 0 saturated carbocycles. The highest BCUT2D eigenvalue weighted by Crippen LogP contribution is 2.22. The molecule has 0 N–H and O–H groups in total. The minimum absolute atomic E-state index is 0.142. The van der Waals surface area contributed by atoms with Gasteiger partial charge in [-0.2, -0.15) is 0 Å². The monoisotopic (exact) mass is 444 g/mol. The van der Waals surface area contributed by atoms with E-state index in [1.807, 2.05) is 45.0 Å². The molecule has 3 rings (SSSR count). The fourth-order valence-corrected chi connectivity index (χ4v) is 4.51. The van der Waals surface area contributed by atoms with E-state index >= 15 is 0 Å². The van der Waals surface area contributed by atoms with E-state index in [9.17, 15) is 9.18 Å². The van der Waals surface area contributed by atoms with E-state index in [1.54, 1.807) is 6.07 Å². The number of hydrogen-bond donors (Lipinski definition) is 0. The average molecular weight is 445 g/mol. The van der Waals surface area contributed by atoms with Gasteiger partial charge in [0, 0.05) is 50.3 Å². The van der Waals surface area contributed by atoms with Crippen molar-refractivity contribution in [3.8, 4) is 0 Å². The number of rotatable bonds is 10. The Bertz CT molecular complexity index is 863. The van der Waals surface area contributed by atoms with Gasteiger partial charge in [-0.1, -0.05) is 23.4 Å². The summed E-state index contributed by atoms with van der Waals surface area (Å²) in [6.07, 6.45) is 3.29. The van der Waals surface area contributed by atoms with Crippen LogP contribution < -0.4 is 0 Å². The Labute approximate surface area is 191 Å². The third-order valence-corrected chi connectivity index (χ3v) is 6.37. The Balaban J connectivity index is 1.59. The van der Waals surface area contributed by atoms with Crippen molar-refractivity contribution in [3.63, 3.8) is 0 Å². The Morgan fingerprint density at radius 3 is 2.72 bits per heavy atom. The minimum atomic E-state index is -0.142. The van der Waals surface area contributed by atoms with Crippen LogP contribution in [0.1, 0.15) is 41.8 Å². The number of hydrogen-bond acceptors (Lipinski definition) is 5. The normalized spacial score (nSPS) is 17.1. The molecular formula is C25H37FN4O2. The van der Waals surface area contributed by atoms with Crippen LogP contribution in [-0.2, 0) is 17.8 Å². The lowest BCUT2D eigenvalue weighted by molar-refractivity contribution is -0.132. The molecule has 1 atom stereocenters. The highest BCUT2D eigenvalue weighted by Gasteiger charge is 2.25. The number of nitrogens with zero attached hydrogens (tertiary/aromatic N) is 4. The third kappa shape index (κ3) is 6.87. The van der Waals surface area contributed by atoms with Crippen molar-refractivity contribution in [1.82, 2.24) is 19.9 Å². The van der Waals surface area contributed by atoms with Crippen LogP contribution in [0.15, 0.2) is 28.8 Å². The van der Waals surface area contributed by atoms with Gasteiger partial charge in [0.15, 0.2) is 0 Å². The summed E-state index contributed by atoms with van der Waals surface area (Å²) in [6.45, 7) is 8.62. The Morgan fingerprint density at radius 1 is 1.25 bits per heavy atom. The summed E-state index contributed by atoms with van der Waals surface area (Å²) >= 11 is 0. The largest absolute Gasteiger partial charge is 0.361 e. The van der Waals surface area contributed by atoms with Gasteiger partial charge < -0.3 is 14.3 Å². The topological polar surface area (TPSA) is 52.8 Å². The Hall–Kier alpha value is -2.25. The molecular weight excluding hydrogens is 407 g/mol. The van der Waals surface area contributed by atoms with E-state index in [4.69, 9.17) is 4.52 Å². The first-order chi connectivity index (χ1) is 15.3. The van der Waals surface area contributed by atoms with Crippen molar-refractivity contribution in [2.45, 2.75) is 46.1 Å². The van der Waals surface area contributed by atoms with Crippen LogP contribution in [0.25, 0.3) is 0 Å². The molecule has 2 heterocycles. The van der Waals surface area contributed by atoms with Crippen molar-refractivity contribution in [1.29, 1.82) is 0 Å². The minimum Gasteiger partial charge on any atom is -0.361 e. The van der Waals surface area contributed by atoms with Gasteiger partial charge in [-0.3, -0.25) is 9.69 Å². The first-order valence-electron chi connectivity index (χ1n) is 11.6. The van der Waals surface area contributed by atoms with Crippen LogP contribution in [-0.4, -0.2) is 72.6 Å². The summed E-state index contributed by atoms with van der Waals surface area (Å²) in [6, 6.07) is 7.01. The smallest absolute Gasteiger partial charge is 0.222 e. The number of likely N-dealkylation sites (tertiary alicyclic amines) is 1. The standard InChI is InChI=1S/C25H37FN4O2/c1-19-23(20(2)32-27-19)11-12-25(31)30(15-14-28(3)4)17-21-8-7-13-29(16-21)18-22-9-5-6-10-24(22)26/h5-6,9-10,21H,7-8,11-18H2,1-4H3/t21-/m1/s1. The van der Waals surface area contributed by atoms with Crippen LogP contribution in [0.5, 0.6) is 0 Å². The maximum absolute atomic E-state index is 14.1. The van der Waals surface area contributed by atoms with Gasteiger partial charge >= 0.3 is 0 Å². The summed E-state index contributed by atoms with van der Waals surface area (Å²) in [5.41, 5.74) is 2.65. The second kappa shape index (κ2) is 11.6. The molecule has 0 unspecified atom stereocenters. The maximum Gasteiger partial charge on any atom is 0.222 e. The molecule has 0 spiro atoms. The zero-order valence-electron chi connectivity index (χ0n) is 19.9. The SMILES string of the molecule is Cc1noc(C)c1CCC(=O)N(CCN(C)C)C[C@@H]1CCCN(Cc2ccccc2F)C1. The average Bonchev–Trinajstić information content (AvgIpc) is 3.08. The zero-order chi connectivity index (χ0) is 23.1. The second-order valence-corrected chi connectivity index (χ2v) is 9.28. The van der Waals surface area contributed by atoms with E-state index < -0.39 is 0 Å². The molecule has 0 radical (unpaired) electrons. The third-order valence-electron chi connectivity index (χ3n) is 6.37. The fourth-order valence-electron chi connectivity index (χ4n) is 4.51. The van der Waals surface area contributed by atoms with Crippen molar-refractivity contribution in [2.75, 3.05) is 46.8 Å². The van der Waals surface area contributed by atoms with Gasteiger partial charge in [-0.15, -0.1) is 0 Å². The summed E-state index contributed by atoms with van der Waals surface area (Å²) in [4.78, 5) is 19.6. The number of aromatic nitrogens is 1. The van der Waals surface area contributed by atoms with Crippen molar-refractivity contribution >= 4 is 5.91 Å². The quantitative estimate of drug-likeness (QED) is 0.560. The first kappa shape index (κ1) is 24.4. The molecule has 32 heavy (non-hydrogen) atoms. The molecule has 1 aromatic heterocycles. The Morgan fingerprint density at radius 2 is 2.03 bits per heavy atom. The van der Waals surface area contributed by atoms with Gasteiger partial charge in [0.2, 0.25) is 5.91 Å². The van der Waals surface area contributed by atoms with Crippen LogP contribution in [0.4, 0.5) is 4.39 Å². The Kier molecular flexibility index (Phi) is 8.82. The van der Waals surface area contributed by atoms with Crippen LogP contribution in [0.2, 0.25) is 0 Å². The number of aryl methyl sites for hydroxylation is 2. The molecule has 0 aliphatic carbocycles. The number of piperidine rings is 1. The number of carbonyl (C=O) groups excluding carboxylic acids is 1. The summed E-state index contributed by atoms with van der Waals surface area (Å²) < 4.78 is 19.3. The van der Waals surface area contributed by atoms with Gasteiger partial charge in [-0.25, -0.2) is 4.39 Å². The van der Waals surface area contributed by atoms with E-state index in [1.165, 1.54) is 6.07 Å². The van der Waals surface area contributed by atoms with Crippen LogP contribution in [0, 0.1) is 25.6 Å². The highest BCUT2D eigenvalue weighted by molar-refractivity contribution is 5.76. The summed E-state index contributed by atoms with van der Waals surface area (Å²) in [5.74, 6) is 1.24. The van der Waals surface area contributed by atoms with Gasteiger partial charge in [-0.05, 0) is 65.7 Å². The molecule has 7 heteroatoms. The molecule has 6 nitrogen and oxygen atoms in total. The van der Waals surface area contributed by atoms with Crippen molar-refractivity contribution in [2.24, 2.45) is 5.92 Å². The molecule has 2 aromatic rings.